The zero-order valence-electron chi connectivity index (χ0n) is 19.0. The Labute approximate surface area is 203 Å². The molecule has 9 heteroatoms. The van der Waals surface area contributed by atoms with E-state index in [9.17, 15) is 4.79 Å². The van der Waals surface area contributed by atoms with Crippen LogP contribution in [0.1, 0.15) is 54.3 Å². The van der Waals surface area contributed by atoms with Gasteiger partial charge in [0, 0.05) is 35.9 Å². The third-order valence-electron chi connectivity index (χ3n) is 6.43. The number of aromatic nitrogens is 4. The van der Waals surface area contributed by atoms with Crippen LogP contribution in [-0.4, -0.2) is 38.7 Å². The first-order valence-electron chi connectivity index (χ1n) is 11.6. The molecule has 4 heterocycles. The number of fused-ring (bicyclic) bond motifs is 1. The molecule has 1 amide bonds. The topological polar surface area (TPSA) is 89.1 Å². The van der Waals surface area contributed by atoms with Crippen LogP contribution < -0.4 is 10.2 Å². The van der Waals surface area contributed by atoms with Crippen LogP contribution in [0.15, 0.2) is 47.3 Å². The number of hydrogen-bond acceptors (Lipinski definition) is 6. The van der Waals surface area contributed by atoms with Gasteiger partial charge in [0.25, 0.3) is 5.91 Å². The van der Waals surface area contributed by atoms with Crippen LogP contribution in [0.25, 0.3) is 22.4 Å². The van der Waals surface area contributed by atoms with Gasteiger partial charge >= 0.3 is 0 Å². The molecular formula is C25H27ClN6O2. The summed E-state index contributed by atoms with van der Waals surface area (Å²) in [4.78, 5) is 24.1. The molecule has 2 aliphatic rings. The normalized spacial score (nSPS) is 15.9. The predicted molar refractivity (Wildman–Crippen MR) is 134 cm³/mol. The molecule has 8 nitrogen and oxygen atoms in total. The first-order valence-corrected chi connectivity index (χ1v) is 11.6. The number of benzene rings is 1. The van der Waals surface area contributed by atoms with Crippen molar-refractivity contribution in [3.63, 3.8) is 0 Å². The maximum atomic E-state index is 13.1. The lowest BCUT2D eigenvalue weighted by molar-refractivity contribution is 0.102. The van der Waals surface area contributed by atoms with Crippen molar-refractivity contribution in [1.82, 2.24) is 19.7 Å². The molecule has 0 radical (unpaired) electrons. The molecule has 1 N–H and O–H groups in total. The summed E-state index contributed by atoms with van der Waals surface area (Å²) in [5, 5.41) is 8.75. The summed E-state index contributed by atoms with van der Waals surface area (Å²) in [6.45, 7) is 3.88. The van der Waals surface area contributed by atoms with Crippen LogP contribution in [0.3, 0.4) is 0 Å². The van der Waals surface area contributed by atoms with Gasteiger partial charge in [-0.2, -0.15) is 5.10 Å². The first-order chi connectivity index (χ1) is 16.2. The molecule has 1 aromatic carbocycles. The molecule has 0 bridgehead atoms. The van der Waals surface area contributed by atoms with Crippen LogP contribution in [0.4, 0.5) is 11.4 Å². The van der Waals surface area contributed by atoms with Gasteiger partial charge in [-0.1, -0.05) is 0 Å². The maximum Gasteiger partial charge on any atom is 0.277 e. The highest BCUT2D eigenvalue weighted by Gasteiger charge is 2.27. The van der Waals surface area contributed by atoms with Gasteiger partial charge in [-0.15, -0.1) is 12.4 Å². The van der Waals surface area contributed by atoms with Gasteiger partial charge in [-0.05, 0) is 63.3 Å². The lowest BCUT2D eigenvalue weighted by atomic mass is 10.1. The van der Waals surface area contributed by atoms with E-state index in [-0.39, 0.29) is 24.0 Å². The van der Waals surface area contributed by atoms with E-state index in [0.29, 0.717) is 11.9 Å². The highest BCUT2D eigenvalue weighted by molar-refractivity contribution is 6.06. The Morgan fingerprint density at radius 3 is 2.74 bits per heavy atom. The molecule has 1 aliphatic heterocycles. The summed E-state index contributed by atoms with van der Waals surface area (Å²) in [6, 6.07) is 8.43. The SMILES string of the molecule is Cc1cc(-c2nc(C(=O)Nc3cc4cnn(C5CC5)c4cc3N3CCCCC3)co2)ccn1.Cl. The summed E-state index contributed by atoms with van der Waals surface area (Å²) in [6.07, 6.45) is 10.9. The molecule has 0 unspecified atom stereocenters. The van der Waals surface area contributed by atoms with Crippen molar-refractivity contribution in [1.29, 1.82) is 0 Å². The van der Waals surface area contributed by atoms with Gasteiger partial charge in [0.2, 0.25) is 5.89 Å². The Balaban J connectivity index is 0.00000241. The standard InChI is InChI=1S/C25H26N6O2.ClH/c1-16-11-17(7-8-26-16)25-29-21(15-33-25)24(32)28-20-12-18-14-27-31(19-5-6-19)22(18)13-23(20)30-9-3-2-4-10-30;/h7-8,11-15,19H,2-6,9-10H2,1H3,(H,28,32);1H. The average molecular weight is 479 g/mol. The van der Waals surface area contributed by atoms with E-state index >= 15 is 0 Å². The lowest BCUT2D eigenvalue weighted by Gasteiger charge is -2.30. The number of anilines is 2. The fraction of sp³-hybridized carbons (Fsp3) is 0.360. The van der Waals surface area contributed by atoms with Crippen LogP contribution in [0.2, 0.25) is 0 Å². The summed E-state index contributed by atoms with van der Waals surface area (Å²) >= 11 is 0. The fourth-order valence-electron chi connectivity index (χ4n) is 4.56. The molecule has 0 atom stereocenters. The fourth-order valence-corrected chi connectivity index (χ4v) is 4.56. The molecule has 176 valence electrons. The number of carbonyl (C=O) groups is 1. The zero-order valence-corrected chi connectivity index (χ0v) is 19.8. The highest BCUT2D eigenvalue weighted by Crippen LogP contribution is 2.40. The Bertz CT molecular complexity index is 1340. The van der Waals surface area contributed by atoms with Crippen molar-refractivity contribution in [3.05, 3.63) is 54.3 Å². The molecule has 2 fully saturated rings. The van der Waals surface area contributed by atoms with E-state index in [2.05, 4.69) is 36.0 Å². The number of hydrogen-bond donors (Lipinski definition) is 1. The van der Waals surface area contributed by atoms with Crippen LogP contribution >= 0.6 is 12.4 Å². The lowest BCUT2D eigenvalue weighted by Crippen LogP contribution is -2.30. The van der Waals surface area contributed by atoms with E-state index < -0.39 is 0 Å². The number of aryl methyl sites for hydroxylation is 1. The second-order valence-electron chi connectivity index (χ2n) is 8.97. The van der Waals surface area contributed by atoms with E-state index in [1.54, 1.807) is 6.20 Å². The van der Waals surface area contributed by atoms with E-state index in [4.69, 9.17) is 4.42 Å². The Hall–Kier alpha value is -3.39. The monoisotopic (exact) mass is 478 g/mol. The number of oxazole rings is 1. The van der Waals surface area contributed by atoms with Crippen molar-refractivity contribution in [2.45, 2.75) is 45.1 Å². The molecule has 1 aliphatic carbocycles. The molecule has 1 saturated carbocycles. The van der Waals surface area contributed by atoms with Gasteiger partial charge < -0.3 is 14.6 Å². The molecule has 4 aromatic rings. The summed E-state index contributed by atoms with van der Waals surface area (Å²) in [5.41, 5.74) is 4.87. The average Bonchev–Trinajstić information content (AvgIpc) is 3.39. The number of nitrogens with one attached hydrogen (secondary N) is 1. The van der Waals surface area contributed by atoms with E-state index in [1.165, 1.54) is 25.5 Å². The minimum absolute atomic E-state index is 0. The Morgan fingerprint density at radius 2 is 1.97 bits per heavy atom. The van der Waals surface area contributed by atoms with Crippen molar-refractivity contribution in [3.8, 4) is 11.5 Å². The quantitative estimate of drug-likeness (QED) is 0.413. The largest absolute Gasteiger partial charge is 0.444 e. The number of rotatable bonds is 5. The van der Waals surface area contributed by atoms with Crippen molar-refractivity contribution < 1.29 is 9.21 Å². The second-order valence-corrected chi connectivity index (χ2v) is 8.97. The van der Waals surface area contributed by atoms with Crippen LogP contribution in [0.5, 0.6) is 0 Å². The van der Waals surface area contributed by atoms with Gasteiger partial charge in [0.1, 0.15) is 6.26 Å². The summed E-state index contributed by atoms with van der Waals surface area (Å²) < 4.78 is 7.73. The molecule has 3 aromatic heterocycles. The van der Waals surface area contributed by atoms with Gasteiger partial charge in [0.05, 0.1) is 29.1 Å². The van der Waals surface area contributed by atoms with E-state index in [1.807, 2.05) is 31.3 Å². The molecule has 6 rings (SSSR count). The number of nitrogens with zero attached hydrogens (tertiary/aromatic N) is 5. The van der Waals surface area contributed by atoms with Crippen molar-refractivity contribution in [2.24, 2.45) is 0 Å². The predicted octanol–water partition coefficient (Wildman–Crippen LogP) is 5.39. The number of pyridine rings is 1. The van der Waals surface area contributed by atoms with E-state index in [0.717, 1.165) is 59.5 Å². The molecule has 1 saturated heterocycles. The Kier molecular flexibility index (Phi) is 6.00. The molecule has 0 spiro atoms. The number of halogens is 1. The summed E-state index contributed by atoms with van der Waals surface area (Å²) in [5.74, 6) is 0.117. The minimum atomic E-state index is -0.289. The van der Waals surface area contributed by atoms with Gasteiger partial charge in [-0.3, -0.25) is 14.5 Å². The third-order valence-corrected chi connectivity index (χ3v) is 6.43. The third kappa shape index (κ3) is 4.25. The maximum absolute atomic E-state index is 13.1. The smallest absolute Gasteiger partial charge is 0.277 e. The first kappa shape index (κ1) is 22.4. The van der Waals surface area contributed by atoms with Crippen LogP contribution in [0, 0.1) is 6.92 Å². The van der Waals surface area contributed by atoms with Crippen molar-refractivity contribution in [2.75, 3.05) is 23.3 Å². The molecular weight excluding hydrogens is 452 g/mol. The zero-order chi connectivity index (χ0) is 22.4. The van der Waals surface area contributed by atoms with Crippen molar-refractivity contribution >= 4 is 40.6 Å². The number of carbonyl (C=O) groups excluding carboxylic acids is 1. The molecule has 34 heavy (non-hydrogen) atoms. The van der Waals surface area contributed by atoms with Crippen LogP contribution in [-0.2, 0) is 0 Å². The highest BCUT2D eigenvalue weighted by atomic mass is 35.5. The Morgan fingerprint density at radius 1 is 1.15 bits per heavy atom. The summed E-state index contributed by atoms with van der Waals surface area (Å²) in [7, 11) is 0. The van der Waals surface area contributed by atoms with Gasteiger partial charge in [-0.25, -0.2) is 4.98 Å². The number of amides is 1. The van der Waals surface area contributed by atoms with Gasteiger partial charge in [0.15, 0.2) is 5.69 Å². The number of piperidine rings is 1. The second kappa shape index (κ2) is 9.10. The minimum Gasteiger partial charge on any atom is -0.444 e.